The average Bonchev–Trinajstić information content (AvgIpc) is 1.83. The van der Waals surface area contributed by atoms with Gasteiger partial charge in [0.1, 0.15) is 0 Å². The predicted molar refractivity (Wildman–Crippen MR) is 30.5 cm³/mol. The van der Waals surface area contributed by atoms with Crippen LogP contribution < -0.4 is 0 Å². The summed E-state index contributed by atoms with van der Waals surface area (Å²) in [6.07, 6.45) is 1.80. The lowest BCUT2D eigenvalue weighted by Gasteiger charge is -1.87. The Kier molecular flexibility index (Phi) is 3.84. The Labute approximate surface area is 48.3 Å². The topological polar surface area (TPSA) is 38.7 Å². The standard InChI is InChI=1S/C5H9NO2/c1-3-5(7)8-6-4-2/h4H,3H2,1-2H3/b6-4+. The van der Waals surface area contributed by atoms with Crippen LogP contribution in [0.15, 0.2) is 5.16 Å². The maximum atomic E-state index is 10.2. The maximum Gasteiger partial charge on any atom is 0.334 e. The van der Waals surface area contributed by atoms with E-state index in [9.17, 15) is 4.79 Å². The summed E-state index contributed by atoms with van der Waals surface area (Å²) in [6, 6.07) is 0. The van der Waals surface area contributed by atoms with Crippen molar-refractivity contribution in [1.82, 2.24) is 0 Å². The molecule has 8 heavy (non-hydrogen) atoms. The van der Waals surface area contributed by atoms with Crippen LogP contribution >= 0.6 is 0 Å². The van der Waals surface area contributed by atoms with E-state index < -0.39 is 0 Å². The second-order valence-corrected chi connectivity index (χ2v) is 1.18. The number of hydrogen-bond acceptors (Lipinski definition) is 3. The van der Waals surface area contributed by atoms with Gasteiger partial charge in [0.15, 0.2) is 0 Å². The fourth-order valence-corrected chi connectivity index (χ4v) is 0.176. The van der Waals surface area contributed by atoms with Gasteiger partial charge in [0.05, 0.1) is 0 Å². The summed E-state index contributed by atoms with van der Waals surface area (Å²) < 4.78 is 0. The molecular formula is C5H9NO2. The molecule has 0 unspecified atom stereocenters. The maximum absolute atomic E-state index is 10.2. The minimum absolute atomic E-state index is 0.303. The van der Waals surface area contributed by atoms with Crippen LogP contribution in [0, 0.1) is 0 Å². The molecule has 0 aliphatic carbocycles. The second kappa shape index (κ2) is 4.30. The van der Waals surface area contributed by atoms with Crippen molar-refractivity contribution < 1.29 is 9.63 Å². The molecule has 0 aromatic carbocycles. The van der Waals surface area contributed by atoms with Gasteiger partial charge < -0.3 is 4.84 Å². The van der Waals surface area contributed by atoms with Crippen LogP contribution in [0.1, 0.15) is 20.3 Å². The number of carbonyl (C=O) groups excluding carboxylic acids is 1. The van der Waals surface area contributed by atoms with E-state index in [0.717, 1.165) is 0 Å². The zero-order chi connectivity index (χ0) is 6.41. The molecule has 0 bridgehead atoms. The molecule has 0 heterocycles. The van der Waals surface area contributed by atoms with Gasteiger partial charge in [-0.25, -0.2) is 4.79 Å². The van der Waals surface area contributed by atoms with Gasteiger partial charge in [-0.1, -0.05) is 12.1 Å². The number of hydrogen-bond donors (Lipinski definition) is 0. The molecule has 0 aromatic rings. The Morgan fingerprint density at radius 2 is 2.50 bits per heavy atom. The molecule has 0 radical (unpaired) electrons. The first-order valence-corrected chi connectivity index (χ1v) is 2.49. The smallest absolute Gasteiger partial charge is 0.319 e. The van der Waals surface area contributed by atoms with Crippen molar-refractivity contribution in [1.29, 1.82) is 0 Å². The Bertz CT molecular complexity index is 98.6. The van der Waals surface area contributed by atoms with Gasteiger partial charge in [-0.2, -0.15) is 0 Å². The van der Waals surface area contributed by atoms with Crippen molar-refractivity contribution in [2.75, 3.05) is 0 Å². The fraction of sp³-hybridized carbons (Fsp3) is 0.600. The minimum atomic E-state index is -0.303. The molecule has 0 N–H and O–H groups in total. The Balaban J connectivity index is 3.25. The monoisotopic (exact) mass is 115 g/mol. The van der Waals surface area contributed by atoms with E-state index in [1.807, 2.05) is 0 Å². The molecule has 0 fully saturated rings. The van der Waals surface area contributed by atoms with E-state index in [1.54, 1.807) is 13.8 Å². The number of carbonyl (C=O) groups is 1. The van der Waals surface area contributed by atoms with Crippen LogP contribution in [-0.2, 0) is 9.63 Å². The van der Waals surface area contributed by atoms with Crippen LogP contribution in [0.25, 0.3) is 0 Å². The molecule has 0 aliphatic rings. The SMILES string of the molecule is C/C=N/OC(=O)CC. The lowest BCUT2D eigenvalue weighted by Crippen LogP contribution is -1.95. The van der Waals surface area contributed by atoms with Crippen molar-refractivity contribution in [2.45, 2.75) is 20.3 Å². The third-order valence-corrected chi connectivity index (χ3v) is 0.549. The van der Waals surface area contributed by atoms with Crippen molar-refractivity contribution in [3.8, 4) is 0 Å². The third-order valence-electron chi connectivity index (χ3n) is 0.549. The first kappa shape index (κ1) is 7.14. The fourth-order valence-electron chi connectivity index (χ4n) is 0.176. The summed E-state index contributed by atoms with van der Waals surface area (Å²) in [5, 5.41) is 3.27. The third kappa shape index (κ3) is 3.33. The summed E-state index contributed by atoms with van der Waals surface area (Å²) in [5.41, 5.74) is 0. The Morgan fingerprint density at radius 1 is 1.88 bits per heavy atom. The first-order chi connectivity index (χ1) is 3.81. The molecule has 0 saturated carbocycles. The molecule has 0 atom stereocenters. The van der Waals surface area contributed by atoms with Crippen molar-refractivity contribution >= 4 is 12.2 Å². The lowest BCUT2D eigenvalue weighted by atomic mass is 10.5. The minimum Gasteiger partial charge on any atom is -0.319 e. The van der Waals surface area contributed by atoms with Crippen LogP contribution in [-0.4, -0.2) is 12.2 Å². The van der Waals surface area contributed by atoms with Gasteiger partial charge in [-0.15, -0.1) is 0 Å². The summed E-state index contributed by atoms with van der Waals surface area (Å²) in [6.45, 7) is 3.40. The quantitative estimate of drug-likeness (QED) is 0.305. The van der Waals surface area contributed by atoms with E-state index in [1.165, 1.54) is 6.21 Å². The molecule has 0 aliphatic heterocycles. The molecule has 3 heteroatoms. The molecule has 0 rings (SSSR count). The molecule has 0 aromatic heterocycles. The highest BCUT2D eigenvalue weighted by Gasteiger charge is 1.92. The zero-order valence-corrected chi connectivity index (χ0v) is 5.05. The second-order valence-electron chi connectivity index (χ2n) is 1.18. The normalized spacial score (nSPS) is 9.75. The van der Waals surface area contributed by atoms with E-state index >= 15 is 0 Å². The van der Waals surface area contributed by atoms with Crippen molar-refractivity contribution in [3.05, 3.63) is 0 Å². The van der Waals surface area contributed by atoms with Gasteiger partial charge in [-0.05, 0) is 6.92 Å². The predicted octanol–water partition coefficient (Wildman–Crippen LogP) is 0.945. The summed E-state index contributed by atoms with van der Waals surface area (Å²) in [4.78, 5) is 14.5. The van der Waals surface area contributed by atoms with Crippen LogP contribution in [0.3, 0.4) is 0 Å². The zero-order valence-electron chi connectivity index (χ0n) is 5.05. The first-order valence-electron chi connectivity index (χ1n) is 2.49. The summed E-state index contributed by atoms with van der Waals surface area (Å²) in [5.74, 6) is -0.303. The largest absolute Gasteiger partial charge is 0.334 e. The van der Waals surface area contributed by atoms with E-state index in [4.69, 9.17) is 0 Å². The van der Waals surface area contributed by atoms with Gasteiger partial charge in [0, 0.05) is 12.6 Å². The van der Waals surface area contributed by atoms with Gasteiger partial charge >= 0.3 is 5.97 Å². The summed E-state index contributed by atoms with van der Waals surface area (Å²) in [7, 11) is 0. The molecule has 46 valence electrons. The highest BCUT2D eigenvalue weighted by Crippen LogP contribution is 1.82. The van der Waals surface area contributed by atoms with Crippen LogP contribution in [0.2, 0.25) is 0 Å². The van der Waals surface area contributed by atoms with Crippen molar-refractivity contribution in [2.24, 2.45) is 5.16 Å². The van der Waals surface area contributed by atoms with Gasteiger partial charge in [-0.3, -0.25) is 0 Å². The molecule has 0 amide bonds. The van der Waals surface area contributed by atoms with Crippen LogP contribution in [0.4, 0.5) is 0 Å². The van der Waals surface area contributed by atoms with Crippen molar-refractivity contribution in [3.63, 3.8) is 0 Å². The molecular weight excluding hydrogens is 106 g/mol. The number of oxime groups is 1. The molecule has 0 saturated heterocycles. The van der Waals surface area contributed by atoms with Crippen LogP contribution in [0.5, 0.6) is 0 Å². The van der Waals surface area contributed by atoms with E-state index in [0.29, 0.717) is 6.42 Å². The molecule has 0 spiro atoms. The lowest BCUT2D eigenvalue weighted by molar-refractivity contribution is -0.143. The molecule has 3 nitrogen and oxygen atoms in total. The highest BCUT2D eigenvalue weighted by atomic mass is 16.7. The van der Waals surface area contributed by atoms with Gasteiger partial charge in [0.25, 0.3) is 0 Å². The van der Waals surface area contributed by atoms with E-state index in [2.05, 4.69) is 9.99 Å². The Hall–Kier alpha value is -0.860. The van der Waals surface area contributed by atoms with Gasteiger partial charge in [0.2, 0.25) is 0 Å². The number of nitrogens with zero attached hydrogens (tertiary/aromatic N) is 1. The van der Waals surface area contributed by atoms with E-state index in [-0.39, 0.29) is 5.97 Å². The summed E-state index contributed by atoms with van der Waals surface area (Å²) >= 11 is 0. The highest BCUT2D eigenvalue weighted by molar-refractivity contribution is 5.69. The number of rotatable bonds is 2. The average molecular weight is 115 g/mol. The Morgan fingerprint density at radius 3 is 2.88 bits per heavy atom.